The van der Waals surface area contributed by atoms with E-state index in [2.05, 4.69) is 42.6 Å². The van der Waals surface area contributed by atoms with Gasteiger partial charge in [-0.05, 0) is 79.8 Å². The van der Waals surface area contributed by atoms with Crippen molar-refractivity contribution in [3.63, 3.8) is 0 Å². The van der Waals surface area contributed by atoms with Crippen molar-refractivity contribution in [2.75, 3.05) is 5.73 Å². The van der Waals surface area contributed by atoms with Gasteiger partial charge in [-0.3, -0.25) is 4.79 Å². The topological polar surface area (TPSA) is 55.1 Å². The van der Waals surface area contributed by atoms with Crippen molar-refractivity contribution in [2.24, 2.45) is 0 Å². The summed E-state index contributed by atoms with van der Waals surface area (Å²) in [5, 5.41) is 3.37. The largest absolute Gasteiger partial charge is 0.399 e. The summed E-state index contributed by atoms with van der Waals surface area (Å²) in [4.78, 5) is 13.3. The number of fused-ring (bicyclic) bond motifs is 2. The molecule has 0 saturated heterocycles. The second-order valence-corrected chi connectivity index (χ2v) is 7.72. The molecule has 3 N–H and O–H groups in total. The fourth-order valence-electron chi connectivity index (χ4n) is 4.58. The molecule has 0 radical (unpaired) electrons. The zero-order chi connectivity index (χ0) is 17.4. The van der Waals surface area contributed by atoms with E-state index in [4.69, 9.17) is 5.73 Å². The van der Waals surface area contributed by atoms with Crippen LogP contribution in [0.25, 0.3) is 0 Å². The summed E-state index contributed by atoms with van der Waals surface area (Å²) in [6, 6.07) is 14.6. The average molecular weight is 371 g/mol. The van der Waals surface area contributed by atoms with Crippen LogP contribution in [0.2, 0.25) is 0 Å². The van der Waals surface area contributed by atoms with Gasteiger partial charge in [0.15, 0.2) is 0 Å². The molecule has 1 amide bonds. The maximum Gasteiger partial charge on any atom is 0.230 e. The Morgan fingerprint density at radius 1 is 1.12 bits per heavy atom. The molecule has 2 atom stereocenters. The Labute approximate surface area is 161 Å². The van der Waals surface area contributed by atoms with Gasteiger partial charge < -0.3 is 11.1 Å². The third kappa shape index (κ3) is 3.21. The van der Waals surface area contributed by atoms with Crippen LogP contribution in [0.3, 0.4) is 0 Å². The van der Waals surface area contributed by atoms with Crippen LogP contribution in [0.5, 0.6) is 0 Å². The van der Waals surface area contributed by atoms with Crippen molar-refractivity contribution in [3.05, 3.63) is 64.7 Å². The highest BCUT2D eigenvalue weighted by Crippen LogP contribution is 2.39. The lowest BCUT2D eigenvalue weighted by Crippen LogP contribution is -2.46. The molecule has 0 aromatic heterocycles. The summed E-state index contributed by atoms with van der Waals surface area (Å²) in [5.74, 6) is 0.161. The first-order valence-corrected chi connectivity index (χ1v) is 9.35. The Morgan fingerprint density at radius 2 is 1.88 bits per heavy atom. The lowest BCUT2D eigenvalue weighted by atomic mass is 9.70. The molecule has 2 unspecified atom stereocenters. The number of hydrogen-bond donors (Lipinski definition) is 2. The van der Waals surface area contributed by atoms with E-state index in [1.807, 2.05) is 12.1 Å². The number of aryl methyl sites for hydroxylation is 2. The molecular weight excluding hydrogens is 344 g/mol. The standard InChI is InChI=1S/C22H26N2O.ClH/c1-22(13-5-8-15-6-2-3-9-19(15)22)21(25)24-20-10-4-7-16-14-17(23)11-12-18(16)20;/h2-3,6,9,11-12,14,20H,4-5,7-8,10,13,23H2,1H3,(H,24,25);1H. The summed E-state index contributed by atoms with van der Waals surface area (Å²) < 4.78 is 0. The van der Waals surface area contributed by atoms with Gasteiger partial charge in [0.05, 0.1) is 11.5 Å². The molecule has 0 heterocycles. The van der Waals surface area contributed by atoms with Crippen molar-refractivity contribution in [2.45, 2.75) is 56.9 Å². The average Bonchev–Trinajstić information content (AvgIpc) is 2.62. The first-order chi connectivity index (χ1) is 12.1. The molecule has 2 aliphatic carbocycles. The molecule has 2 aromatic carbocycles. The van der Waals surface area contributed by atoms with Crippen LogP contribution in [0, 0.1) is 0 Å². The summed E-state index contributed by atoms with van der Waals surface area (Å²) >= 11 is 0. The highest BCUT2D eigenvalue weighted by Gasteiger charge is 2.39. The van der Waals surface area contributed by atoms with Gasteiger partial charge in [-0.25, -0.2) is 0 Å². The number of amides is 1. The molecule has 2 aliphatic rings. The number of nitrogens with one attached hydrogen (secondary N) is 1. The van der Waals surface area contributed by atoms with E-state index in [1.54, 1.807) is 0 Å². The maximum absolute atomic E-state index is 13.3. The molecule has 0 aliphatic heterocycles. The van der Waals surface area contributed by atoms with Gasteiger partial charge >= 0.3 is 0 Å². The molecular formula is C22H27ClN2O. The third-order valence-corrected chi connectivity index (χ3v) is 6.02. The van der Waals surface area contributed by atoms with Crippen LogP contribution in [0.15, 0.2) is 42.5 Å². The Morgan fingerprint density at radius 3 is 2.73 bits per heavy atom. The smallest absolute Gasteiger partial charge is 0.230 e. The number of rotatable bonds is 2. The van der Waals surface area contributed by atoms with Gasteiger partial charge in [0.2, 0.25) is 5.91 Å². The van der Waals surface area contributed by atoms with Crippen molar-refractivity contribution >= 4 is 24.0 Å². The highest BCUT2D eigenvalue weighted by atomic mass is 35.5. The van der Waals surface area contributed by atoms with E-state index in [0.717, 1.165) is 44.2 Å². The van der Waals surface area contributed by atoms with E-state index in [-0.39, 0.29) is 24.4 Å². The van der Waals surface area contributed by atoms with Crippen LogP contribution < -0.4 is 11.1 Å². The Kier molecular flexibility index (Phi) is 5.29. The monoisotopic (exact) mass is 370 g/mol. The molecule has 3 nitrogen and oxygen atoms in total. The highest BCUT2D eigenvalue weighted by molar-refractivity contribution is 5.89. The van der Waals surface area contributed by atoms with Crippen LogP contribution in [0.4, 0.5) is 5.69 Å². The number of carbonyl (C=O) groups is 1. The van der Waals surface area contributed by atoms with E-state index in [0.29, 0.717) is 0 Å². The summed E-state index contributed by atoms with van der Waals surface area (Å²) in [6.07, 6.45) is 6.20. The first kappa shape index (κ1) is 18.8. The zero-order valence-corrected chi connectivity index (χ0v) is 16.1. The van der Waals surface area contributed by atoms with Crippen LogP contribution >= 0.6 is 12.4 Å². The molecule has 138 valence electrons. The number of carbonyl (C=O) groups excluding carboxylic acids is 1. The van der Waals surface area contributed by atoms with E-state index in [1.165, 1.54) is 22.3 Å². The van der Waals surface area contributed by atoms with E-state index >= 15 is 0 Å². The van der Waals surface area contributed by atoms with E-state index < -0.39 is 5.41 Å². The van der Waals surface area contributed by atoms with Crippen LogP contribution in [0.1, 0.15) is 60.9 Å². The summed E-state index contributed by atoms with van der Waals surface area (Å²) in [6.45, 7) is 2.10. The van der Waals surface area contributed by atoms with Crippen molar-refractivity contribution in [3.8, 4) is 0 Å². The van der Waals surface area contributed by atoms with Gasteiger partial charge in [-0.2, -0.15) is 0 Å². The second-order valence-electron chi connectivity index (χ2n) is 7.72. The second kappa shape index (κ2) is 7.32. The van der Waals surface area contributed by atoms with E-state index in [9.17, 15) is 4.79 Å². The Bertz CT molecular complexity index is 820. The van der Waals surface area contributed by atoms with Crippen molar-refractivity contribution < 1.29 is 4.79 Å². The maximum atomic E-state index is 13.3. The van der Waals surface area contributed by atoms with Crippen LogP contribution in [-0.4, -0.2) is 5.91 Å². The Hall–Kier alpha value is -2.00. The lowest BCUT2D eigenvalue weighted by molar-refractivity contribution is -0.127. The fourth-order valence-corrected chi connectivity index (χ4v) is 4.58. The van der Waals surface area contributed by atoms with Gasteiger partial charge in [-0.1, -0.05) is 30.3 Å². The predicted octanol–water partition coefficient (Wildman–Crippen LogP) is 4.48. The van der Waals surface area contributed by atoms with Crippen LogP contribution in [-0.2, 0) is 23.1 Å². The minimum absolute atomic E-state index is 0. The number of nitrogens with two attached hydrogens (primary N) is 1. The molecule has 4 heteroatoms. The minimum atomic E-state index is -0.430. The number of benzene rings is 2. The third-order valence-electron chi connectivity index (χ3n) is 6.02. The number of halogens is 1. The van der Waals surface area contributed by atoms with Gasteiger partial charge in [-0.15, -0.1) is 12.4 Å². The Balaban J connectivity index is 0.00000196. The lowest BCUT2D eigenvalue weighted by Gasteiger charge is -2.37. The normalized spacial score (nSPS) is 24.0. The number of hydrogen-bond acceptors (Lipinski definition) is 2. The van der Waals surface area contributed by atoms with Crippen molar-refractivity contribution in [1.82, 2.24) is 5.32 Å². The summed E-state index contributed by atoms with van der Waals surface area (Å²) in [5.41, 5.74) is 11.4. The quantitative estimate of drug-likeness (QED) is 0.766. The molecule has 0 saturated carbocycles. The van der Waals surface area contributed by atoms with Gasteiger partial charge in [0, 0.05) is 5.69 Å². The molecule has 0 bridgehead atoms. The molecule has 0 spiro atoms. The number of nitrogen functional groups attached to an aromatic ring is 1. The van der Waals surface area contributed by atoms with Crippen molar-refractivity contribution in [1.29, 1.82) is 0 Å². The van der Waals surface area contributed by atoms with Gasteiger partial charge in [0.1, 0.15) is 0 Å². The van der Waals surface area contributed by atoms with Gasteiger partial charge in [0.25, 0.3) is 0 Å². The predicted molar refractivity (Wildman–Crippen MR) is 109 cm³/mol. The zero-order valence-electron chi connectivity index (χ0n) is 15.3. The molecule has 0 fully saturated rings. The molecule has 4 rings (SSSR count). The first-order valence-electron chi connectivity index (χ1n) is 9.35. The minimum Gasteiger partial charge on any atom is -0.399 e. The SMILES string of the molecule is CC1(C(=O)NC2CCCc3cc(N)ccc32)CCCc2ccccc21.Cl. The summed E-state index contributed by atoms with van der Waals surface area (Å²) in [7, 11) is 0. The molecule has 26 heavy (non-hydrogen) atoms. The number of anilines is 1. The fraction of sp³-hybridized carbons (Fsp3) is 0.409. The molecule has 2 aromatic rings.